The molecule has 0 bridgehead atoms. The van der Waals surface area contributed by atoms with E-state index in [9.17, 15) is 0 Å². The number of rotatable bonds is 3. The summed E-state index contributed by atoms with van der Waals surface area (Å²) in [5.41, 5.74) is 1.09. The summed E-state index contributed by atoms with van der Waals surface area (Å²) in [6, 6.07) is 9.56. The Kier molecular flexibility index (Phi) is 10.7. The molecule has 0 fully saturated rings. The predicted molar refractivity (Wildman–Crippen MR) is 61.3 cm³/mol. The van der Waals surface area contributed by atoms with Crippen LogP contribution in [0.25, 0.3) is 9.69 Å². The van der Waals surface area contributed by atoms with Crippen molar-refractivity contribution in [3.05, 3.63) is 58.7 Å². The van der Waals surface area contributed by atoms with Crippen LogP contribution in [0.4, 0.5) is 0 Å². The van der Waals surface area contributed by atoms with E-state index < -0.39 is 0 Å². The summed E-state index contributed by atoms with van der Waals surface area (Å²) in [5.74, 6) is 0.0150. The topological polar surface area (TPSA) is 8.72 Å². The van der Waals surface area contributed by atoms with Gasteiger partial charge in [0.05, 0.1) is 0 Å². The molecule has 1 aromatic carbocycles. The van der Waals surface area contributed by atoms with E-state index >= 15 is 0 Å². The molecule has 0 N–H and O–H groups in total. The minimum absolute atomic E-state index is 0. The van der Waals surface area contributed by atoms with Gasteiger partial charge in [-0.3, -0.25) is 0 Å². The number of nitrogens with zero attached hydrogens (tertiary/aromatic N) is 2. The Labute approximate surface area is 132 Å². The number of hydrogen-bond acceptors (Lipinski definition) is 0. The van der Waals surface area contributed by atoms with Crippen LogP contribution >= 0.6 is 0 Å². The van der Waals surface area contributed by atoms with Crippen molar-refractivity contribution in [3.63, 3.8) is 0 Å². The third-order valence-electron chi connectivity index (χ3n) is 2.63. The first-order valence-electron chi connectivity index (χ1n) is 4.98. The molecule has 0 saturated heterocycles. The molecule has 96 valence electrons. The molecule has 1 rings (SSSR count). The maximum absolute atomic E-state index is 7.08. The van der Waals surface area contributed by atoms with Crippen LogP contribution in [0.1, 0.15) is 25.3 Å². The van der Waals surface area contributed by atoms with Gasteiger partial charge >= 0.3 is 0 Å². The fraction of sp³-hybridized carbons (Fsp3) is 0.385. The maximum Gasteiger partial charge on any atom is 0.235 e. The molecule has 0 aromatic heterocycles. The SMILES string of the molecule is [C-]#[N+]C(C)C(c1ccccc1)C(C)[N+]#[C-].[Pt].[Pt]. The number of hydrogen-bond donors (Lipinski definition) is 0. The molecular weight excluding hydrogens is 574 g/mol. The smallest absolute Gasteiger partial charge is 0.235 e. The second-order valence-corrected chi connectivity index (χ2v) is 3.68. The van der Waals surface area contributed by atoms with Crippen LogP contribution in [0.3, 0.4) is 0 Å². The third kappa shape index (κ3) is 5.17. The molecule has 0 heterocycles. The molecule has 2 unspecified atom stereocenters. The van der Waals surface area contributed by atoms with Crippen LogP contribution in [0, 0.1) is 13.1 Å². The van der Waals surface area contributed by atoms with Gasteiger partial charge in [0.15, 0.2) is 0 Å². The molecule has 0 aliphatic carbocycles. The largest absolute Gasteiger partial charge is 0.313 e. The van der Waals surface area contributed by atoms with Crippen LogP contribution in [0.15, 0.2) is 30.3 Å². The molecule has 2 nitrogen and oxygen atoms in total. The zero-order chi connectivity index (χ0) is 11.3. The predicted octanol–water partition coefficient (Wildman–Crippen LogP) is 3.38. The van der Waals surface area contributed by atoms with Gasteiger partial charge in [0.1, 0.15) is 5.92 Å². The molecular formula is C13H14N2Pt2. The molecule has 1 aromatic rings. The second-order valence-electron chi connectivity index (χ2n) is 3.68. The first-order valence-corrected chi connectivity index (χ1v) is 4.98. The average molecular weight is 588 g/mol. The molecule has 17 heavy (non-hydrogen) atoms. The summed E-state index contributed by atoms with van der Waals surface area (Å²) in [5, 5.41) is 0. The first-order chi connectivity index (χ1) is 7.20. The molecule has 4 heteroatoms. The maximum atomic E-state index is 7.08. The van der Waals surface area contributed by atoms with E-state index in [-0.39, 0.29) is 60.1 Å². The first kappa shape index (κ1) is 18.9. The zero-order valence-electron chi connectivity index (χ0n) is 9.65. The van der Waals surface area contributed by atoms with E-state index in [2.05, 4.69) is 9.69 Å². The minimum atomic E-state index is -0.142. The van der Waals surface area contributed by atoms with Crippen molar-refractivity contribution in [2.45, 2.75) is 31.8 Å². The van der Waals surface area contributed by atoms with Crippen LogP contribution in [-0.4, -0.2) is 12.1 Å². The van der Waals surface area contributed by atoms with Crippen molar-refractivity contribution >= 4 is 0 Å². The molecule has 2 atom stereocenters. The fourth-order valence-electron chi connectivity index (χ4n) is 1.80. The van der Waals surface area contributed by atoms with Gasteiger partial charge < -0.3 is 9.69 Å². The van der Waals surface area contributed by atoms with E-state index in [1.165, 1.54) is 0 Å². The van der Waals surface area contributed by atoms with Gasteiger partial charge in [-0.15, -0.1) is 0 Å². The van der Waals surface area contributed by atoms with Gasteiger partial charge in [-0.1, -0.05) is 30.3 Å². The molecule has 0 radical (unpaired) electrons. The van der Waals surface area contributed by atoms with Crippen molar-refractivity contribution in [2.24, 2.45) is 0 Å². The van der Waals surface area contributed by atoms with Gasteiger partial charge in [-0.2, -0.15) is 0 Å². The Morgan fingerprint density at radius 2 is 1.29 bits per heavy atom. The Hall–Kier alpha value is -0.423. The molecule has 0 amide bonds. The van der Waals surface area contributed by atoms with Gasteiger partial charge in [0, 0.05) is 56.0 Å². The third-order valence-corrected chi connectivity index (χ3v) is 2.63. The van der Waals surface area contributed by atoms with Gasteiger partial charge in [-0.25, -0.2) is 13.1 Å². The summed E-state index contributed by atoms with van der Waals surface area (Å²) in [4.78, 5) is 7.08. The molecule has 0 spiro atoms. The molecule has 0 aliphatic rings. The van der Waals surface area contributed by atoms with Crippen LogP contribution in [0.5, 0.6) is 0 Å². The second kappa shape index (κ2) is 9.59. The quantitative estimate of drug-likeness (QED) is 0.480. The van der Waals surface area contributed by atoms with Crippen molar-refractivity contribution < 1.29 is 42.1 Å². The summed E-state index contributed by atoms with van der Waals surface area (Å²) in [7, 11) is 0. The van der Waals surface area contributed by atoms with Gasteiger partial charge in [0.2, 0.25) is 12.1 Å². The summed E-state index contributed by atoms with van der Waals surface area (Å²) in [6.45, 7) is 17.9. The summed E-state index contributed by atoms with van der Waals surface area (Å²) < 4.78 is 0. The van der Waals surface area contributed by atoms with E-state index in [0.29, 0.717) is 0 Å². The van der Waals surface area contributed by atoms with Gasteiger partial charge in [-0.05, 0) is 5.56 Å². The Morgan fingerprint density at radius 3 is 1.65 bits per heavy atom. The zero-order valence-corrected chi connectivity index (χ0v) is 14.2. The van der Waals surface area contributed by atoms with E-state index in [4.69, 9.17) is 13.1 Å². The Morgan fingerprint density at radius 1 is 0.882 bits per heavy atom. The molecule has 0 saturated carbocycles. The van der Waals surface area contributed by atoms with Gasteiger partial charge in [0.25, 0.3) is 0 Å². The normalized spacial score (nSPS) is 13.9. The van der Waals surface area contributed by atoms with Crippen molar-refractivity contribution in [2.75, 3.05) is 0 Å². The van der Waals surface area contributed by atoms with E-state index in [0.717, 1.165) is 5.56 Å². The van der Waals surface area contributed by atoms with Crippen molar-refractivity contribution in [1.82, 2.24) is 0 Å². The summed E-state index contributed by atoms with van der Waals surface area (Å²) >= 11 is 0. The summed E-state index contributed by atoms with van der Waals surface area (Å²) in [6.07, 6.45) is 0. The van der Waals surface area contributed by atoms with E-state index in [1.54, 1.807) is 0 Å². The number of benzene rings is 1. The van der Waals surface area contributed by atoms with Crippen LogP contribution in [0.2, 0.25) is 0 Å². The Bertz CT molecular complexity index is 372. The van der Waals surface area contributed by atoms with Crippen LogP contribution in [-0.2, 0) is 42.1 Å². The van der Waals surface area contributed by atoms with Crippen LogP contribution < -0.4 is 0 Å². The van der Waals surface area contributed by atoms with Crippen molar-refractivity contribution in [3.8, 4) is 0 Å². The van der Waals surface area contributed by atoms with E-state index in [1.807, 2.05) is 44.2 Å². The molecule has 0 aliphatic heterocycles. The fourth-order valence-corrected chi connectivity index (χ4v) is 1.80. The van der Waals surface area contributed by atoms with Crippen molar-refractivity contribution in [1.29, 1.82) is 0 Å². The monoisotopic (exact) mass is 588 g/mol. The average Bonchev–Trinajstić information content (AvgIpc) is 2.30. The minimum Gasteiger partial charge on any atom is -0.313 e. The standard InChI is InChI=1S/C13H14N2.2Pt/c1-10(14-3)13(11(2)15-4)12-8-6-5-7-9-12;;/h5-11,13H,1-2H3;;. The Balaban J connectivity index is 0.